The molecule has 33 heavy (non-hydrogen) atoms. The van der Waals surface area contributed by atoms with Crippen LogP contribution in [0.1, 0.15) is 25.3 Å². The lowest BCUT2D eigenvalue weighted by molar-refractivity contribution is -0.495. The van der Waals surface area contributed by atoms with Gasteiger partial charge in [-0.3, -0.25) is 9.59 Å². The van der Waals surface area contributed by atoms with Crippen LogP contribution in [0.2, 0.25) is 0 Å². The number of allylic oxidation sites excluding steroid dienone is 1. The number of nitroso groups, excluding NO2 is 1. The number of phenolic OH excluding ortho intramolecular Hbond substituents is 1. The summed E-state index contributed by atoms with van der Waals surface area (Å²) < 4.78 is 74.3. The quantitative estimate of drug-likeness (QED) is 0.455. The van der Waals surface area contributed by atoms with Crippen molar-refractivity contribution in [2.75, 3.05) is 0 Å². The number of nitrogens with zero attached hydrogens (tertiary/aromatic N) is 1. The minimum absolute atomic E-state index is 0.124. The molecule has 0 spiro atoms. The lowest BCUT2D eigenvalue weighted by Crippen LogP contribution is -2.47. The fourth-order valence-electron chi connectivity index (χ4n) is 3.90. The molecule has 3 rings (SSSR count). The van der Waals surface area contributed by atoms with Gasteiger partial charge in [0.1, 0.15) is 6.10 Å². The lowest BCUT2D eigenvalue weighted by Gasteiger charge is -2.31. The maximum absolute atomic E-state index is 14.0. The molecule has 0 bridgehead atoms. The largest absolute Gasteiger partial charge is 0.505 e. The molecule has 1 fully saturated rings. The highest BCUT2D eigenvalue weighted by molar-refractivity contribution is 5.86. The summed E-state index contributed by atoms with van der Waals surface area (Å²) in [6.45, 7) is 1.80. The van der Waals surface area contributed by atoms with Crippen LogP contribution >= 0.6 is 0 Å². The van der Waals surface area contributed by atoms with Gasteiger partial charge in [0.2, 0.25) is 12.0 Å². The van der Waals surface area contributed by atoms with Crippen LogP contribution in [-0.4, -0.2) is 45.6 Å². The Morgan fingerprint density at radius 1 is 1.27 bits per heavy atom. The minimum Gasteiger partial charge on any atom is -0.505 e. The molecular formula is C20H19F5N3O5+. The highest BCUT2D eigenvalue weighted by atomic mass is 19.4. The van der Waals surface area contributed by atoms with Crippen molar-refractivity contribution in [1.82, 2.24) is 5.32 Å². The molecule has 13 heteroatoms. The van der Waals surface area contributed by atoms with Crippen LogP contribution in [0.3, 0.4) is 0 Å². The van der Waals surface area contributed by atoms with Crippen molar-refractivity contribution < 1.29 is 46.1 Å². The Hall–Kier alpha value is -3.35. The number of hydrogen-bond donors (Lipinski definition) is 3. The van der Waals surface area contributed by atoms with E-state index in [1.54, 1.807) is 0 Å². The molecule has 2 amide bonds. The van der Waals surface area contributed by atoms with Gasteiger partial charge in [0.15, 0.2) is 17.2 Å². The normalized spacial score (nSPS) is 29.7. The van der Waals surface area contributed by atoms with E-state index in [2.05, 4.69) is 5.32 Å². The maximum atomic E-state index is 14.0. The number of carbonyl (C=O) groups is 2. The number of halogens is 5. The van der Waals surface area contributed by atoms with E-state index in [-0.39, 0.29) is 10.5 Å². The van der Waals surface area contributed by atoms with Crippen molar-refractivity contribution in [3.05, 3.63) is 58.3 Å². The van der Waals surface area contributed by atoms with Gasteiger partial charge in [-0.2, -0.15) is 17.6 Å². The number of phenols is 1. The van der Waals surface area contributed by atoms with E-state index in [0.29, 0.717) is 13.0 Å². The molecule has 1 saturated heterocycles. The first-order chi connectivity index (χ1) is 15.2. The summed E-state index contributed by atoms with van der Waals surface area (Å²) in [5, 5.41) is 12.3. The molecule has 2 aliphatic heterocycles. The molecule has 0 saturated carbocycles. The van der Waals surface area contributed by atoms with Gasteiger partial charge in [-0.15, -0.1) is 0 Å². The number of nitrogens with one attached hydrogen (secondary N) is 1. The second-order valence-corrected chi connectivity index (χ2v) is 7.89. The van der Waals surface area contributed by atoms with Crippen LogP contribution in [-0.2, 0) is 14.3 Å². The molecule has 1 aromatic carbocycles. The number of alkyl halides is 3. The van der Waals surface area contributed by atoms with Crippen LogP contribution < -0.4 is 11.1 Å². The maximum Gasteiger partial charge on any atom is 0.417 e. The fraction of sp³-hybridized carbons (Fsp3) is 0.400. The standard InChI is InChI=1S/C20H18F5N3O5/c1-8-13(10-3-4-11(21)14(22)15(10)29)16(33-19(8,2)20(23,24)25)18(31)27-9-5-6-28(32)12(7-9)17(26)30/h3-8,12-13,16H,1-2H3,(H3-,26,27,29,30,31)/p+1/t8-,12?,13-,16-,19+/m0/s1. The van der Waals surface area contributed by atoms with Gasteiger partial charge in [-0.25, -0.2) is 4.39 Å². The molecule has 178 valence electrons. The van der Waals surface area contributed by atoms with Crippen molar-refractivity contribution in [3.63, 3.8) is 0 Å². The molecule has 4 N–H and O–H groups in total. The summed E-state index contributed by atoms with van der Waals surface area (Å²) in [5.74, 6) is -9.59. The summed E-state index contributed by atoms with van der Waals surface area (Å²) in [4.78, 5) is 35.9. The zero-order valence-electron chi connectivity index (χ0n) is 17.2. The molecule has 5 atom stereocenters. The molecule has 1 unspecified atom stereocenters. The number of nitrogens with two attached hydrogens (primary N) is 1. The third kappa shape index (κ3) is 4.08. The van der Waals surface area contributed by atoms with E-state index in [9.17, 15) is 41.6 Å². The van der Waals surface area contributed by atoms with E-state index in [0.717, 1.165) is 31.3 Å². The topological polar surface area (TPSA) is 122 Å². The highest BCUT2D eigenvalue weighted by Crippen LogP contribution is 2.54. The molecule has 1 aromatic rings. The Bertz CT molecular complexity index is 1090. The average molecular weight is 476 g/mol. The number of hydrogen-bond acceptors (Lipinski definition) is 5. The van der Waals surface area contributed by atoms with E-state index in [1.165, 1.54) is 0 Å². The second kappa shape index (κ2) is 8.21. The Balaban J connectivity index is 2.02. The SMILES string of the molecule is C[C@H]1[C@@H](c2ccc(F)c(F)c2O)[C@@H](C(=O)NC2=CC(C(N)=O)[N+](=O)C=C2)O[C@@]1(C)C(F)(F)F. The van der Waals surface area contributed by atoms with Crippen molar-refractivity contribution in [3.8, 4) is 5.75 Å². The minimum atomic E-state index is -4.96. The Morgan fingerprint density at radius 2 is 1.91 bits per heavy atom. The smallest absolute Gasteiger partial charge is 0.417 e. The van der Waals surface area contributed by atoms with Gasteiger partial charge in [-0.1, -0.05) is 13.0 Å². The first-order valence-electron chi connectivity index (χ1n) is 9.56. The highest BCUT2D eigenvalue weighted by Gasteiger charge is 2.65. The first-order valence-corrected chi connectivity index (χ1v) is 9.56. The van der Waals surface area contributed by atoms with Crippen LogP contribution in [0.15, 0.2) is 36.2 Å². The summed E-state index contributed by atoms with van der Waals surface area (Å²) in [5.41, 5.74) is 1.64. The third-order valence-corrected chi connectivity index (χ3v) is 5.96. The zero-order chi connectivity index (χ0) is 24.9. The summed E-state index contributed by atoms with van der Waals surface area (Å²) in [6, 6.07) is 0.0150. The zero-order valence-corrected chi connectivity index (χ0v) is 17.2. The van der Waals surface area contributed by atoms with Gasteiger partial charge in [0, 0.05) is 39.2 Å². The van der Waals surface area contributed by atoms with Crippen molar-refractivity contribution >= 4 is 11.8 Å². The van der Waals surface area contributed by atoms with E-state index in [4.69, 9.17) is 10.5 Å². The van der Waals surface area contributed by atoms with Crippen molar-refractivity contribution in [2.45, 2.75) is 43.7 Å². The average Bonchev–Trinajstić information content (AvgIpc) is 3.00. The van der Waals surface area contributed by atoms with Crippen molar-refractivity contribution in [2.24, 2.45) is 11.7 Å². The number of ether oxygens (including phenoxy) is 1. The van der Waals surface area contributed by atoms with E-state index >= 15 is 0 Å². The fourth-order valence-corrected chi connectivity index (χ4v) is 3.90. The molecule has 0 radical (unpaired) electrons. The van der Waals surface area contributed by atoms with Gasteiger partial charge in [0.25, 0.3) is 11.8 Å². The third-order valence-electron chi connectivity index (χ3n) is 5.96. The summed E-state index contributed by atoms with van der Waals surface area (Å²) in [6.07, 6.45) is -3.93. The number of primary amides is 1. The van der Waals surface area contributed by atoms with E-state index < -0.39 is 70.5 Å². The van der Waals surface area contributed by atoms with Gasteiger partial charge < -0.3 is 20.9 Å². The number of aromatic hydroxyl groups is 1. The number of rotatable bonds is 4. The Kier molecular flexibility index (Phi) is 6.04. The molecular weight excluding hydrogens is 457 g/mol. The Labute approximate surface area is 183 Å². The van der Waals surface area contributed by atoms with Crippen LogP contribution in [0, 0.1) is 22.5 Å². The van der Waals surface area contributed by atoms with Gasteiger partial charge >= 0.3 is 12.2 Å². The first kappa shape index (κ1) is 24.3. The molecule has 2 aliphatic rings. The molecule has 8 nitrogen and oxygen atoms in total. The van der Waals surface area contributed by atoms with E-state index in [1.807, 2.05) is 0 Å². The second-order valence-electron chi connectivity index (χ2n) is 7.89. The molecule has 0 aliphatic carbocycles. The van der Waals surface area contributed by atoms with Crippen LogP contribution in [0.5, 0.6) is 5.75 Å². The van der Waals surface area contributed by atoms with Crippen molar-refractivity contribution in [1.29, 1.82) is 0 Å². The summed E-state index contributed by atoms with van der Waals surface area (Å²) >= 11 is 0. The molecule has 0 aromatic heterocycles. The van der Waals surface area contributed by atoms with Crippen LogP contribution in [0.25, 0.3) is 0 Å². The van der Waals surface area contributed by atoms with Gasteiger partial charge in [-0.05, 0) is 13.0 Å². The van der Waals surface area contributed by atoms with Crippen LogP contribution in [0.4, 0.5) is 22.0 Å². The Morgan fingerprint density at radius 3 is 2.48 bits per heavy atom. The predicted molar refractivity (Wildman–Crippen MR) is 101 cm³/mol. The molecule has 2 heterocycles. The summed E-state index contributed by atoms with van der Waals surface area (Å²) in [7, 11) is 0. The number of carbonyl (C=O) groups excluding carboxylic acids is 2. The van der Waals surface area contributed by atoms with Gasteiger partial charge in [0.05, 0.1) is 5.70 Å². The monoisotopic (exact) mass is 476 g/mol. The number of amides is 2. The predicted octanol–water partition coefficient (Wildman–Crippen LogP) is 2.27. The number of benzene rings is 1. The lowest BCUT2D eigenvalue weighted by atomic mass is 9.77.